The fourth-order valence-electron chi connectivity index (χ4n) is 1.75. The van der Waals surface area contributed by atoms with E-state index in [0.29, 0.717) is 12.0 Å². The Morgan fingerprint density at radius 1 is 1.40 bits per heavy atom. The molecule has 106 valence electrons. The number of aromatic nitrogens is 2. The molecular formula is C15H19N3O2. The van der Waals surface area contributed by atoms with Gasteiger partial charge in [-0.15, -0.1) is 0 Å². The van der Waals surface area contributed by atoms with E-state index in [1.54, 1.807) is 10.9 Å². The van der Waals surface area contributed by atoms with Gasteiger partial charge in [-0.05, 0) is 25.5 Å². The number of aliphatic hydroxyl groups excluding tert-OH is 1. The van der Waals surface area contributed by atoms with Crippen LogP contribution in [0.25, 0.3) is 5.69 Å². The topological polar surface area (TPSA) is 67.2 Å². The van der Waals surface area contributed by atoms with Crippen molar-refractivity contribution in [1.82, 2.24) is 15.1 Å². The fraction of sp³-hybridized carbons (Fsp3) is 0.333. The molecule has 5 heteroatoms. The van der Waals surface area contributed by atoms with Gasteiger partial charge in [0.1, 0.15) is 0 Å². The largest absolute Gasteiger partial charge is 0.394 e. The van der Waals surface area contributed by atoms with E-state index in [0.717, 1.165) is 5.69 Å². The normalized spacial score (nSPS) is 13.8. The SMILES string of the molecule is CCC(C)(CO)NC(=O)c1cnn(-c2ccccc2)c1. The van der Waals surface area contributed by atoms with E-state index in [1.807, 2.05) is 44.2 Å². The Hall–Kier alpha value is -2.14. The van der Waals surface area contributed by atoms with Crippen LogP contribution in [-0.4, -0.2) is 32.9 Å². The summed E-state index contributed by atoms with van der Waals surface area (Å²) in [5.41, 5.74) is 0.764. The Morgan fingerprint density at radius 2 is 2.10 bits per heavy atom. The number of rotatable bonds is 5. The van der Waals surface area contributed by atoms with Gasteiger partial charge in [0.25, 0.3) is 5.91 Å². The quantitative estimate of drug-likeness (QED) is 0.872. The summed E-state index contributed by atoms with van der Waals surface area (Å²) in [5, 5.41) is 16.3. The highest BCUT2D eigenvalue weighted by atomic mass is 16.3. The van der Waals surface area contributed by atoms with E-state index in [4.69, 9.17) is 0 Å². The Labute approximate surface area is 118 Å². The van der Waals surface area contributed by atoms with E-state index in [2.05, 4.69) is 10.4 Å². The lowest BCUT2D eigenvalue weighted by atomic mass is 10.00. The Morgan fingerprint density at radius 3 is 2.70 bits per heavy atom. The standard InChI is InChI=1S/C15H19N3O2/c1-3-15(2,11-19)17-14(20)12-9-16-18(10-12)13-7-5-4-6-8-13/h4-10,19H,3,11H2,1-2H3,(H,17,20). The molecule has 0 spiro atoms. The first-order valence-corrected chi connectivity index (χ1v) is 6.61. The summed E-state index contributed by atoms with van der Waals surface area (Å²) in [4.78, 5) is 12.1. The van der Waals surface area contributed by atoms with Crippen molar-refractivity contribution in [3.8, 4) is 5.69 Å². The molecule has 2 N–H and O–H groups in total. The van der Waals surface area contributed by atoms with Crippen LogP contribution in [-0.2, 0) is 0 Å². The van der Waals surface area contributed by atoms with E-state index >= 15 is 0 Å². The average molecular weight is 273 g/mol. The van der Waals surface area contributed by atoms with Gasteiger partial charge in [-0.2, -0.15) is 5.10 Å². The molecule has 1 heterocycles. The third-order valence-corrected chi connectivity index (χ3v) is 3.41. The number of carbonyl (C=O) groups is 1. The van der Waals surface area contributed by atoms with Gasteiger partial charge in [-0.25, -0.2) is 4.68 Å². The van der Waals surface area contributed by atoms with Gasteiger partial charge < -0.3 is 10.4 Å². The van der Waals surface area contributed by atoms with E-state index in [-0.39, 0.29) is 12.5 Å². The number of benzene rings is 1. The third kappa shape index (κ3) is 3.05. The number of nitrogens with one attached hydrogen (secondary N) is 1. The van der Waals surface area contributed by atoms with Gasteiger partial charge in [-0.3, -0.25) is 4.79 Å². The number of para-hydroxylation sites is 1. The summed E-state index contributed by atoms with van der Waals surface area (Å²) in [5.74, 6) is -0.231. The molecule has 1 unspecified atom stereocenters. The second-order valence-corrected chi connectivity index (χ2v) is 5.04. The summed E-state index contributed by atoms with van der Waals surface area (Å²) < 4.78 is 1.65. The van der Waals surface area contributed by atoms with E-state index in [9.17, 15) is 9.90 Å². The van der Waals surface area contributed by atoms with Crippen LogP contribution in [0, 0.1) is 0 Å². The van der Waals surface area contributed by atoms with Gasteiger partial charge in [-0.1, -0.05) is 25.1 Å². The molecule has 0 aliphatic heterocycles. The van der Waals surface area contributed by atoms with Crippen molar-refractivity contribution in [2.24, 2.45) is 0 Å². The fourth-order valence-corrected chi connectivity index (χ4v) is 1.75. The Kier molecular flexibility index (Phi) is 4.20. The van der Waals surface area contributed by atoms with E-state index in [1.165, 1.54) is 6.20 Å². The van der Waals surface area contributed by atoms with Crippen LogP contribution in [0.2, 0.25) is 0 Å². The van der Waals surface area contributed by atoms with Crippen LogP contribution < -0.4 is 5.32 Å². The summed E-state index contributed by atoms with van der Waals surface area (Å²) in [7, 11) is 0. The van der Waals surface area contributed by atoms with Crippen molar-refractivity contribution in [3.05, 3.63) is 48.3 Å². The number of amides is 1. The third-order valence-electron chi connectivity index (χ3n) is 3.41. The molecule has 0 bridgehead atoms. The van der Waals surface area contributed by atoms with Crippen molar-refractivity contribution >= 4 is 5.91 Å². The maximum Gasteiger partial charge on any atom is 0.254 e. The highest BCUT2D eigenvalue weighted by Gasteiger charge is 2.24. The van der Waals surface area contributed by atoms with Crippen LogP contribution in [0.15, 0.2) is 42.7 Å². The monoisotopic (exact) mass is 273 g/mol. The predicted octanol–water partition coefficient (Wildman–Crippen LogP) is 1.76. The number of aliphatic hydroxyl groups is 1. The second kappa shape index (κ2) is 5.88. The smallest absolute Gasteiger partial charge is 0.254 e. The number of hydrogen-bond acceptors (Lipinski definition) is 3. The molecule has 2 rings (SSSR count). The van der Waals surface area contributed by atoms with Crippen molar-refractivity contribution in [1.29, 1.82) is 0 Å². The van der Waals surface area contributed by atoms with Crippen molar-refractivity contribution in [3.63, 3.8) is 0 Å². The molecule has 1 atom stereocenters. The molecule has 0 aliphatic rings. The Balaban J connectivity index is 2.15. The first-order chi connectivity index (χ1) is 9.58. The van der Waals surface area contributed by atoms with Crippen LogP contribution in [0.5, 0.6) is 0 Å². The highest BCUT2D eigenvalue weighted by molar-refractivity contribution is 5.94. The summed E-state index contributed by atoms with van der Waals surface area (Å²) in [6.45, 7) is 3.64. The van der Waals surface area contributed by atoms with Gasteiger partial charge >= 0.3 is 0 Å². The lowest BCUT2D eigenvalue weighted by molar-refractivity contribution is 0.0847. The average Bonchev–Trinajstić information content (AvgIpc) is 2.98. The van der Waals surface area contributed by atoms with Crippen molar-refractivity contribution in [2.75, 3.05) is 6.61 Å². The van der Waals surface area contributed by atoms with Crippen LogP contribution >= 0.6 is 0 Å². The number of nitrogens with zero attached hydrogens (tertiary/aromatic N) is 2. The number of carbonyl (C=O) groups excluding carboxylic acids is 1. The zero-order chi connectivity index (χ0) is 14.6. The zero-order valence-electron chi connectivity index (χ0n) is 11.7. The number of hydrogen-bond donors (Lipinski definition) is 2. The van der Waals surface area contributed by atoms with Crippen LogP contribution in [0.3, 0.4) is 0 Å². The minimum absolute atomic E-state index is 0.0952. The minimum atomic E-state index is -0.605. The highest BCUT2D eigenvalue weighted by Crippen LogP contribution is 2.11. The molecule has 2 aromatic rings. The first-order valence-electron chi connectivity index (χ1n) is 6.61. The molecule has 0 saturated heterocycles. The molecule has 0 radical (unpaired) electrons. The van der Waals surface area contributed by atoms with Gasteiger partial charge in [0.05, 0.1) is 29.6 Å². The molecule has 0 fully saturated rings. The first kappa shape index (κ1) is 14.3. The van der Waals surface area contributed by atoms with Crippen molar-refractivity contribution < 1.29 is 9.90 Å². The maximum absolute atomic E-state index is 12.1. The van der Waals surface area contributed by atoms with Crippen LogP contribution in [0.4, 0.5) is 0 Å². The molecule has 0 saturated carbocycles. The predicted molar refractivity (Wildman–Crippen MR) is 76.8 cm³/mol. The summed E-state index contributed by atoms with van der Waals surface area (Å²) in [6, 6.07) is 9.58. The van der Waals surface area contributed by atoms with Crippen molar-refractivity contribution in [2.45, 2.75) is 25.8 Å². The maximum atomic E-state index is 12.1. The van der Waals surface area contributed by atoms with Gasteiger partial charge in [0.15, 0.2) is 0 Å². The molecule has 1 aromatic carbocycles. The Bertz CT molecular complexity index is 574. The van der Waals surface area contributed by atoms with E-state index < -0.39 is 5.54 Å². The van der Waals surface area contributed by atoms with Gasteiger partial charge in [0.2, 0.25) is 0 Å². The lowest BCUT2D eigenvalue weighted by Gasteiger charge is -2.26. The molecule has 1 amide bonds. The molecule has 5 nitrogen and oxygen atoms in total. The summed E-state index contributed by atoms with van der Waals surface area (Å²) >= 11 is 0. The molecule has 20 heavy (non-hydrogen) atoms. The second-order valence-electron chi connectivity index (χ2n) is 5.04. The molecular weight excluding hydrogens is 254 g/mol. The molecule has 1 aromatic heterocycles. The van der Waals surface area contributed by atoms with Gasteiger partial charge in [0, 0.05) is 6.20 Å². The molecule has 0 aliphatic carbocycles. The van der Waals surface area contributed by atoms with Crippen LogP contribution in [0.1, 0.15) is 30.6 Å². The zero-order valence-corrected chi connectivity index (χ0v) is 11.7. The lowest BCUT2D eigenvalue weighted by Crippen LogP contribution is -2.48. The summed E-state index contributed by atoms with van der Waals surface area (Å²) in [6.07, 6.45) is 3.86. The minimum Gasteiger partial charge on any atom is -0.394 e.